The van der Waals surface area contributed by atoms with E-state index in [0.29, 0.717) is 39.6 Å². The number of thioether (sulfide) groups is 1. The Labute approximate surface area is 140 Å². The lowest BCUT2D eigenvalue weighted by Gasteiger charge is -2.16. The summed E-state index contributed by atoms with van der Waals surface area (Å²) >= 11 is 6.53. The molecule has 1 aliphatic rings. The highest BCUT2D eigenvalue weighted by Crippen LogP contribution is 2.37. The van der Waals surface area contributed by atoms with Crippen molar-refractivity contribution in [3.8, 4) is 11.5 Å². The number of aromatic hydroxyl groups is 1. The molecule has 1 fully saturated rings. The normalized spacial score (nSPS) is 16.9. The summed E-state index contributed by atoms with van der Waals surface area (Å²) in [6.07, 6.45) is 1.66. The lowest BCUT2D eigenvalue weighted by molar-refractivity contribution is -0.122. The number of benzene rings is 1. The van der Waals surface area contributed by atoms with E-state index in [1.165, 1.54) is 11.8 Å². The molecule has 0 spiro atoms. The van der Waals surface area contributed by atoms with Crippen molar-refractivity contribution in [2.24, 2.45) is 5.92 Å². The van der Waals surface area contributed by atoms with Gasteiger partial charge in [0.1, 0.15) is 4.32 Å². The van der Waals surface area contributed by atoms with Crippen LogP contribution in [0.4, 0.5) is 0 Å². The molecular formula is C16H19NO3S2. The van der Waals surface area contributed by atoms with Crippen molar-refractivity contribution >= 4 is 40.3 Å². The highest BCUT2D eigenvalue weighted by Gasteiger charge is 2.32. The molecule has 0 radical (unpaired) electrons. The minimum atomic E-state index is -0.107. The van der Waals surface area contributed by atoms with Crippen molar-refractivity contribution in [2.75, 3.05) is 13.2 Å². The summed E-state index contributed by atoms with van der Waals surface area (Å²) in [6.45, 7) is 7.00. The Morgan fingerprint density at radius 2 is 2.18 bits per heavy atom. The van der Waals surface area contributed by atoms with Gasteiger partial charge in [0.05, 0.1) is 11.5 Å². The summed E-state index contributed by atoms with van der Waals surface area (Å²) in [7, 11) is 0. The first-order chi connectivity index (χ1) is 10.4. The number of nitrogens with zero attached hydrogens (tertiary/aromatic N) is 1. The third kappa shape index (κ3) is 3.62. The molecular weight excluding hydrogens is 318 g/mol. The van der Waals surface area contributed by atoms with E-state index in [1.807, 2.05) is 20.8 Å². The fourth-order valence-electron chi connectivity index (χ4n) is 2.09. The molecule has 22 heavy (non-hydrogen) atoms. The Morgan fingerprint density at radius 1 is 1.45 bits per heavy atom. The molecule has 1 aliphatic heterocycles. The first kappa shape index (κ1) is 16.8. The van der Waals surface area contributed by atoms with Gasteiger partial charge in [-0.2, -0.15) is 0 Å². The number of carbonyl (C=O) groups is 1. The Bertz CT molecular complexity index is 626. The molecule has 0 bridgehead atoms. The van der Waals surface area contributed by atoms with Crippen LogP contribution in [0.1, 0.15) is 26.3 Å². The van der Waals surface area contributed by atoms with E-state index in [2.05, 4.69) is 0 Å². The largest absolute Gasteiger partial charge is 0.504 e. The van der Waals surface area contributed by atoms with Gasteiger partial charge in [-0.1, -0.05) is 50.0 Å². The van der Waals surface area contributed by atoms with Crippen LogP contribution in [0, 0.1) is 5.92 Å². The van der Waals surface area contributed by atoms with E-state index in [9.17, 15) is 9.90 Å². The zero-order valence-electron chi connectivity index (χ0n) is 12.8. The maximum absolute atomic E-state index is 12.4. The number of hydrogen-bond donors (Lipinski definition) is 1. The highest BCUT2D eigenvalue weighted by atomic mass is 32.2. The van der Waals surface area contributed by atoms with Crippen LogP contribution in [0.3, 0.4) is 0 Å². The zero-order chi connectivity index (χ0) is 16.3. The van der Waals surface area contributed by atoms with Crippen LogP contribution in [0.5, 0.6) is 11.5 Å². The number of ether oxygens (including phenoxy) is 1. The van der Waals surface area contributed by atoms with Crippen LogP contribution < -0.4 is 4.74 Å². The molecule has 4 nitrogen and oxygen atoms in total. The summed E-state index contributed by atoms with van der Waals surface area (Å²) in [5.41, 5.74) is 0.552. The molecule has 1 saturated heterocycles. The maximum Gasteiger partial charge on any atom is 0.266 e. The van der Waals surface area contributed by atoms with E-state index in [1.54, 1.807) is 29.2 Å². The van der Waals surface area contributed by atoms with Crippen molar-refractivity contribution < 1.29 is 14.6 Å². The number of para-hydroxylation sites is 1. The average molecular weight is 337 g/mol. The lowest BCUT2D eigenvalue weighted by Crippen LogP contribution is -2.31. The van der Waals surface area contributed by atoms with Crippen molar-refractivity contribution in [3.05, 3.63) is 28.7 Å². The van der Waals surface area contributed by atoms with Gasteiger partial charge in [-0.25, -0.2) is 0 Å². The van der Waals surface area contributed by atoms with Crippen LogP contribution in [0.15, 0.2) is 23.1 Å². The van der Waals surface area contributed by atoms with Gasteiger partial charge in [0.15, 0.2) is 11.5 Å². The monoisotopic (exact) mass is 337 g/mol. The van der Waals surface area contributed by atoms with Crippen molar-refractivity contribution in [1.82, 2.24) is 4.90 Å². The van der Waals surface area contributed by atoms with E-state index in [4.69, 9.17) is 17.0 Å². The summed E-state index contributed by atoms with van der Waals surface area (Å²) in [5, 5.41) is 10.2. The highest BCUT2D eigenvalue weighted by molar-refractivity contribution is 8.26. The molecule has 0 aliphatic carbocycles. The summed E-state index contributed by atoms with van der Waals surface area (Å²) in [6, 6.07) is 5.22. The van der Waals surface area contributed by atoms with Gasteiger partial charge < -0.3 is 9.84 Å². The lowest BCUT2D eigenvalue weighted by atomic mass is 10.1. The van der Waals surface area contributed by atoms with Gasteiger partial charge >= 0.3 is 0 Å². The second-order valence-electron chi connectivity index (χ2n) is 5.31. The molecule has 118 valence electrons. The van der Waals surface area contributed by atoms with Crippen LogP contribution in [-0.4, -0.2) is 33.4 Å². The number of phenolic OH excluding ortho intramolecular Hbond substituents is 1. The number of amides is 1. The van der Waals surface area contributed by atoms with Gasteiger partial charge in [-0.05, 0) is 25.0 Å². The van der Waals surface area contributed by atoms with Gasteiger partial charge in [0.25, 0.3) is 5.91 Å². The SMILES string of the molecule is CCOc1cccc(/C=C2\SC(=S)N(CC(C)C)C2=O)c1O. The van der Waals surface area contributed by atoms with E-state index in [0.717, 1.165) is 0 Å². The first-order valence-electron chi connectivity index (χ1n) is 7.14. The predicted octanol–water partition coefficient (Wildman–Crippen LogP) is 3.65. The summed E-state index contributed by atoms with van der Waals surface area (Å²) in [4.78, 5) is 14.5. The molecule has 2 rings (SSSR count). The molecule has 6 heteroatoms. The summed E-state index contributed by atoms with van der Waals surface area (Å²) < 4.78 is 5.92. The third-order valence-corrected chi connectivity index (χ3v) is 4.42. The number of phenols is 1. The molecule has 0 unspecified atom stereocenters. The van der Waals surface area contributed by atoms with Gasteiger partial charge in [-0.15, -0.1) is 0 Å². The van der Waals surface area contributed by atoms with E-state index < -0.39 is 0 Å². The van der Waals surface area contributed by atoms with E-state index >= 15 is 0 Å². The molecule has 1 N–H and O–H groups in total. The van der Waals surface area contributed by atoms with Crippen molar-refractivity contribution in [1.29, 1.82) is 0 Å². The third-order valence-electron chi connectivity index (χ3n) is 3.04. The minimum absolute atomic E-state index is 0.0403. The fourth-order valence-corrected chi connectivity index (χ4v) is 3.36. The van der Waals surface area contributed by atoms with E-state index in [-0.39, 0.29) is 11.7 Å². The van der Waals surface area contributed by atoms with Crippen molar-refractivity contribution in [3.63, 3.8) is 0 Å². The Kier molecular flexibility index (Phi) is 5.47. The van der Waals surface area contributed by atoms with Gasteiger partial charge in [0.2, 0.25) is 0 Å². The predicted molar refractivity (Wildman–Crippen MR) is 94.0 cm³/mol. The minimum Gasteiger partial charge on any atom is -0.504 e. The standard InChI is InChI=1S/C16H19NO3S2/c1-4-20-12-7-5-6-11(14(12)18)8-13-15(19)17(9-10(2)3)16(21)22-13/h5-8,10,18H,4,9H2,1-3H3/b13-8-. The summed E-state index contributed by atoms with van der Waals surface area (Å²) in [5.74, 6) is 0.689. The van der Waals surface area contributed by atoms with Crippen LogP contribution in [0.25, 0.3) is 6.08 Å². The van der Waals surface area contributed by atoms with Gasteiger partial charge in [-0.3, -0.25) is 9.69 Å². The van der Waals surface area contributed by atoms with Crippen LogP contribution >= 0.6 is 24.0 Å². The number of carbonyl (C=O) groups excluding carboxylic acids is 1. The second-order valence-corrected chi connectivity index (χ2v) is 6.99. The Balaban J connectivity index is 2.29. The second kappa shape index (κ2) is 7.15. The maximum atomic E-state index is 12.4. The smallest absolute Gasteiger partial charge is 0.266 e. The Morgan fingerprint density at radius 3 is 2.82 bits per heavy atom. The average Bonchev–Trinajstić information content (AvgIpc) is 2.71. The number of thiocarbonyl (C=S) groups is 1. The molecule has 1 aromatic carbocycles. The zero-order valence-corrected chi connectivity index (χ0v) is 14.5. The van der Waals surface area contributed by atoms with Gasteiger partial charge in [0, 0.05) is 12.1 Å². The van der Waals surface area contributed by atoms with Crippen LogP contribution in [0.2, 0.25) is 0 Å². The quantitative estimate of drug-likeness (QED) is 0.656. The molecule has 0 atom stereocenters. The molecule has 1 aromatic rings. The molecule has 1 heterocycles. The van der Waals surface area contributed by atoms with Crippen molar-refractivity contribution in [2.45, 2.75) is 20.8 Å². The number of rotatable bonds is 5. The molecule has 0 aromatic heterocycles. The fraction of sp³-hybridized carbons (Fsp3) is 0.375. The molecule has 1 amide bonds. The Hall–Kier alpha value is -1.53. The topological polar surface area (TPSA) is 49.8 Å². The first-order valence-corrected chi connectivity index (χ1v) is 8.36. The number of hydrogen-bond acceptors (Lipinski definition) is 5. The van der Waals surface area contributed by atoms with Crippen LogP contribution in [-0.2, 0) is 4.79 Å². The molecule has 0 saturated carbocycles.